The highest BCUT2D eigenvalue weighted by atomic mass is 16.5. The molecule has 0 aromatic heterocycles. The largest absolute Gasteiger partial charge is 0.426 e. The number of Topliss-reactive ketones (excluding diaryl/α,β-unsaturated/α-hetero) is 1. The van der Waals surface area contributed by atoms with Crippen LogP contribution in [0.15, 0.2) is 36.4 Å². The number of hydrogen-bond donors (Lipinski definition) is 2. The summed E-state index contributed by atoms with van der Waals surface area (Å²) in [4.78, 5) is 24.3. The van der Waals surface area contributed by atoms with E-state index in [0.29, 0.717) is 43.9 Å². The molecule has 6 nitrogen and oxygen atoms in total. The summed E-state index contributed by atoms with van der Waals surface area (Å²) in [7, 11) is 0. The maximum atomic E-state index is 12.2. The lowest BCUT2D eigenvalue weighted by atomic mass is 9.75. The van der Waals surface area contributed by atoms with Crippen LogP contribution < -0.4 is 10.5 Å². The Morgan fingerprint density at radius 1 is 1.09 bits per heavy atom. The maximum absolute atomic E-state index is 12.2. The second-order valence-corrected chi connectivity index (χ2v) is 8.56. The zero-order valence-electron chi connectivity index (χ0n) is 18.6. The van der Waals surface area contributed by atoms with E-state index < -0.39 is 11.6 Å². The third-order valence-corrected chi connectivity index (χ3v) is 6.36. The van der Waals surface area contributed by atoms with E-state index in [2.05, 4.69) is 6.07 Å². The van der Waals surface area contributed by atoms with Gasteiger partial charge in [0.1, 0.15) is 11.4 Å². The summed E-state index contributed by atoms with van der Waals surface area (Å²) < 4.78 is 11.7. The molecule has 4 rings (SSSR count). The SMILES string of the molecule is CC(=O)Oc1c2c(c(COCCCN)c3cc4ccccc4cc13)CC[C@](O)(C(C)=O)C2. The van der Waals surface area contributed by atoms with Crippen LogP contribution in [0.1, 0.15) is 43.4 Å². The highest BCUT2D eigenvalue weighted by Crippen LogP contribution is 2.44. The minimum Gasteiger partial charge on any atom is -0.426 e. The molecule has 168 valence electrons. The van der Waals surface area contributed by atoms with Crippen LogP contribution in [0.4, 0.5) is 0 Å². The number of ether oxygens (including phenoxy) is 2. The number of esters is 1. The van der Waals surface area contributed by atoms with Crippen LogP contribution in [0, 0.1) is 0 Å². The molecule has 3 aromatic rings. The van der Waals surface area contributed by atoms with Gasteiger partial charge in [-0.15, -0.1) is 0 Å². The summed E-state index contributed by atoms with van der Waals surface area (Å²) in [5.41, 5.74) is 6.85. The summed E-state index contributed by atoms with van der Waals surface area (Å²) in [6, 6.07) is 12.1. The molecule has 0 amide bonds. The number of fused-ring (bicyclic) bond motifs is 3. The average molecular weight is 436 g/mol. The van der Waals surface area contributed by atoms with Gasteiger partial charge in [-0.2, -0.15) is 0 Å². The van der Waals surface area contributed by atoms with E-state index in [9.17, 15) is 14.7 Å². The molecule has 1 aliphatic rings. The van der Waals surface area contributed by atoms with Gasteiger partial charge in [-0.1, -0.05) is 24.3 Å². The quantitative estimate of drug-likeness (QED) is 0.255. The molecular formula is C26H29NO5. The molecule has 0 fully saturated rings. The van der Waals surface area contributed by atoms with E-state index >= 15 is 0 Å². The molecule has 0 unspecified atom stereocenters. The first kappa shape index (κ1) is 22.4. The number of rotatable bonds is 7. The first-order valence-corrected chi connectivity index (χ1v) is 11.0. The summed E-state index contributed by atoms with van der Waals surface area (Å²) in [6.45, 7) is 4.25. The predicted octanol–water partition coefficient (Wildman–Crippen LogP) is 3.59. The number of carbonyl (C=O) groups excluding carboxylic acids is 2. The maximum Gasteiger partial charge on any atom is 0.308 e. The number of aliphatic hydroxyl groups is 1. The first-order chi connectivity index (χ1) is 15.3. The molecule has 3 N–H and O–H groups in total. The van der Waals surface area contributed by atoms with Gasteiger partial charge in [-0.3, -0.25) is 9.59 Å². The number of hydrogen-bond acceptors (Lipinski definition) is 6. The molecule has 3 aromatic carbocycles. The van der Waals surface area contributed by atoms with Gasteiger partial charge in [-0.05, 0) is 72.1 Å². The van der Waals surface area contributed by atoms with Crippen molar-refractivity contribution in [2.75, 3.05) is 13.2 Å². The van der Waals surface area contributed by atoms with Crippen molar-refractivity contribution < 1.29 is 24.2 Å². The van der Waals surface area contributed by atoms with Gasteiger partial charge < -0.3 is 20.3 Å². The zero-order chi connectivity index (χ0) is 22.9. The van der Waals surface area contributed by atoms with Crippen molar-refractivity contribution in [3.63, 3.8) is 0 Å². The van der Waals surface area contributed by atoms with E-state index in [1.54, 1.807) is 0 Å². The Balaban J connectivity index is 1.99. The normalized spacial score (nSPS) is 18.0. The van der Waals surface area contributed by atoms with Gasteiger partial charge in [0.2, 0.25) is 0 Å². The fraction of sp³-hybridized carbons (Fsp3) is 0.385. The summed E-state index contributed by atoms with van der Waals surface area (Å²) in [6.07, 6.45) is 1.69. The molecule has 1 atom stereocenters. The van der Waals surface area contributed by atoms with E-state index in [0.717, 1.165) is 39.1 Å². The molecule has 32 heavy (non-hydrogen) atoms. The second-order valence-electron chi connectivity index (χ2n) is 8.56. The second kappa shape index (κ2) is 8.98. The third-order valence-electron chi connectivity index (χ3n) is 6.36. The molecule has 0 bridgehead atoms. The molecule has 0 heterocycles. The standard InChI is InChI=1S/C26H29NO5/c1-16(28)26(30)9-8-20-23(14-26)25(32-17(2)29)22-13-19-7-4-3-6-18(19)12-21(22)24(20)15-31-11-5-10-27/h3-4,6-7,12-13,30H,5,8-11,14-15,27H2,1-2H3/t26-/m1/s1. The lowest BCUT2D eigenvalue weighted by Gasteiger charge is -2.34. The summed E-state index contributed by atoms with van der Waals surface area (Å²) in [5.74, 6) is -0.292. The van der Waals surface area contributed by atoms with Crippen LogP contribution >= 0.6 is 0 Å². The van der Waals surface area contributed by atoms with E-state index in [1.165, 1.54) is 13.8 Å². The van der Waals surface area contributed by atoms with Gasteiger partial charge in [0.05, 0.1) is 6.61 Å². The Hall–Kier alpha value is -2.80. The first-order valence-electron chi connectivity index (χ1n) is 11.0. The van der Waals surface area contributed by atoms with Crippen LogP contribution in [0.2, 0.25) is 0 Å². The van der Waals surface area contributed by atoms with Crippen molar-refractivity contribution in [2.45, 2.75) is 51.7 Å². The zero-order valence-corrected chi connectivity index (χ0v) is 18.6. The van der Waals surface area contributed by atoms with Crippen LogP contribution in [-0.2, 0) is 33.8 Å². The molecule has 1 aliphatic carbocycles. The Kier molecular flexibility index (Phi) is 6.29. The molecule has 0 spiro atoms. The number of nitrogens with two attached hydrogens (primary N) is 1. The topological polar surface area (TPSA) is 98.8 Å². The van der Waals surface area contributed by atoms with E-state index in [4.69, 9.17) is 15.2 Å². The van der Waals surface area contributed by atoms with E-state index in [1.807, 2.05) is 30.3 Å². The minimum atomic E-state index is -1.47. The monoisotopic (exact) mass is 435 g/mol. The predicted molar refractivity (Wildman–Crippen MR) is 124 cm³/mol. The molecule has 0 saturated carbocycles. The molecular weight excluding hydrogens is 406 g/mol. The van der Waals surface area contributed by atoms with E-state index in [-0.39, 0.29) is 12.2 Å². The highest BCUT2D eigenvalue weighted by Gasteiger charge is 2.39. The molecule has 0 aliphatic heterocycles. The smallest absolute Gasteiger partial charge is 0.308 e. The van der Waals surface area contributed by atoms with Crippen molar-refractivity contribution in [1.29, 1.82) is 0 Å². The van der Waals surface area contributed by atoms with Gasteiger partial charge in [0.25, 0.3) is 0 Å². The van der Waals surface area contributed by atoms with Crippen LogP contribution in [0.5, 0.6) is 5.75 Å². The Labute approximate surface area is 187 Å². The summed E-state index contributed by atoms with van der Waals surface area (Å²) >= 11 is 0. The molecule has 6 heteroatoms. The van der Waals surface area contributed by atoms with Crippen LogP contribution in [0.25, 0.3) is 21.5 Å². The summed E-state index contributed by atoms with van der Waals surface area (Å²) in [5, 5.41) is 14.8. The molecule has 0 saturated heterocycles. The van der Waals surface area contributed by atoms with Crippen LogP contribution in [0.3, 0.4) is 0 Å². The van der Waals surface area contributed by atoms with Gasteiger partial charge >= 0.3 is 5.97 Å². The number of ketones is 1. The fourth-order valence-electron chi connectivity index (χ4n) is 4.61. The van der Waals surface area contributed by atoms with Crippen molar-refractivity contribution in [3.05, 3.63) is 53.1 Å². The average Bonchev–Trinajstić information content (AvgIpc) is 2.76. The van der Waals surface area contributed by atoms with Crippen molar-refractivity contribution in [3.8, 4) is 5.75 Å². The van der Waals surface area contributed by atoms with Gasteiger partial charge in [0, 0.05) is 30.9 Å². The third kappa shape index (κ3) is 4.13. The Morgan fingerprint density at radius 3 is 2.41 bits per heavy atom. The highest BCUT2D eigenvalue weighted by molar-refractivity contribution is 6.04. The fourth-order valence-corrected chi connectivity index (χ4v) is 4.61. The van der Waals surface area contributed by atoms with Crippen molar-refractivity contribution in [1.82, 2.24) is 0 Å². The van der Waals surface area contributed by atoms with Gasteiger partial charge in [0.15, 0.2) is 5.78 Å². The van der Waals surface area contributed by atoms with Crippen molar-refractivity contribution in [2.24, 2.45) is 5.73 Å². The minimum absolute atomic E-state index is 0.110. The number of benzene rings is 3. The number of carbonyl (C=O) groups is 2. The molecule has 0 radical (unpaired) electrons. The Morgan fingerprint density at radius 2 is 1.78 bits per heavy atom. The Bertz CT molecular complexity index is 1200. The lowest BCUT2D eigenvalue weighted by molar-refractivity contribution is -0.136. The van der Waals surface area contributed by atoms with Crippen LogP contribution in [-0.4, -0.2) is 35.6 Å². The lowest BCUT2D eigenvalue weighted by Crippen LogP contribution is -2.43. The van der Waals surface area contributed by atoms with Gasteiger partial charge in [-0.25, -0.2) is 0 Å². The van der Waals surface area contributed by atoms with Crippen molar-refractivity contribution >= 4 is 33.3 Å².